The molecule has 0 unspecified atom stereocenters. The van der Waals surface area contributed by atoms with Gasteiger partial charge in [0.05, 0.1) is 5.52 Å². The van der Waals surface area contributed by atoms with Crippen LogP contribution in [0.2, 0.25) is 0 Å². The zero-order valence-corrected chi connectivity index (χ0v) is 11.5. The molecule has 3 nitrogen and oxygen atoms in total. The first-order valence-corrected chi connectivity index (χ1v) is 6.36. The van der Waals surface area contributed by atoms with E-state index in [4.69, 9.17) is 0 Å². The minimum absolute atomic E-state index is 1.04. The molecule has 0 amide bonds. The van der Waals surface area contributed by atoms with Gasteiger partial charge in [0.1, 0.15) is 5.69 Å². The van der Waals surface area contributed by atoms with Crippen molar-refractivity contribution in [3.63, 3.8) is 0 Å². The quantitative estimate of drug-likeness (QED) is 0.696. The first kappa shape index (κ1) is 11.8. The van der Waals surface area contributed by atoms with E-state index in [1.54, 1.807) is 0 Å². The minimum Gasteiger partial charge on any atom is -0.378 e. The highest BCUT2D eigenvalue weighted by molar-refractivity contribution is 5.93. The summed E-state index contributed by atoms with van der Waals surface area (Å²) in [6.45, 7) is 0. The molecule has 3 rings (SSSR count). The van der Waals surface area contributed by atoms with Gasteiger partial charge in [-0.15, -0.1) is 0 Å². The van der Waals surface area contributed by atoms with Crippen LogP contribution < -0.4 is 4.90 Å². The average Bonchev–Trinajstić information content (AvgIpc) is 2.77. The highest BCUT2D eigenvalue weighted by atomic mass is 15.3. The SMILES string of the molecule is CN(C)c1ccc(-c2nn(C)c3ccccc23)cc1. The molecule has 0 fully saturated rings. The monoisotopic (exact) mass is 251 g/mol. The normalized spacial score (nSPS) is 10.9. The van der Waals surface area contributed by atoms with Crippen LogP contribution >= 0.6 is 0 Å². The van der Waals surface area contributed by atoms with Crippen LogP contribution in [0.15, 0.2) is 48.5 Å². The molecular weight excluding hydrogens is 234 g/mol. The largest absolute Gasteiger partial charge is 0.378 e. The van der Waals surface area contributed by atoms with Crippen LogP contribution in [0.3, 0.4) is 0 Å². The lowest BCUT2D eigenvalue weighted by molar-refractivity contribution is 0.800. The smallest absolute Gasteiger partial charge is 0.100 e. The van der Waals surface area contributed by atoms with Crippen molar-refractivity contribution in [1.29, 1.82) is 0 Å². The Labute approximate surface area is 113 Å². The van der Waals surface area contributed by atoms with Crippen LogP contribution in [-0.2, 0) is 7.05 Å². The predicted molar refractivity (Wildman–Crippen MR) is 80.5 cm³/mol. The van der Waals surface area contributed by atoms with Gasteiger partial charge in [-0.25, -0.2) is 0 Å². The Morgan fingerprint density at radius 3 is 2.32 bits per heavy atom. The second-order valence-electron chi connectivity index (χ2n) is 4.93. The molecular formula is C16H17N3. The Hall–Kier alpha value is -2.29. The molecule has 0 saturated heterocycles. The van der Waals surface area contributed by atoms with Gasteiger partial charge in [-0.1, -0.05) is 30.3 Å². The third-order valence-electron chi connectivity index (χ3n) is 3.41. The fourth-order valence-electron chi connectivity index (χ4n) is 2.34. The number of aryl methyl sites for hydroxylation is 1. The van der Waals surface area contributed by atoms with Gasteiger partial charge < -0.3 is 4.90 Å². The van der Waals surface area contributed by atoms with Crippen LogP contribution in [0, 0.1) is 0 Å². The van der Waals surface area contributed by atoms with Gasteiger partial charge in [0, 0.05) is 37.8 Å². The Morgan fingerprint density at radius 1 is 0.947 bits per heavy atom. The number of benzene rings is 2. The number of para-hydroxylation sites is 1. The Kier molecular flexibility index (Phi) is 2.75. The summed E-state index contributed by atoms with van der Waals surface area (Å²) in [6.07, 6.45) is 0. The van der Waals surface area contributed by atoms with Gasteiger partial charge in [-0.2, -0.15) is 5.10 Å². The van der Waals surface area contributed by atoms with Crippen molar-refractivity contribution < 1.29 is 0 Å². The summed E-state index contributed by atoms with van der Waals surface area (Å²) in [7, 11) is 6.08. The Morgan fingerprint density at radius 2 is 1.63 bits per heavy atom. The highest BCUT2D eigenvalue weighted by Crippen LogP contribution is 2.28. The summed E-state index contributed by atoms with van der Waals surface area (Å²) in [5.74, 6) is 0. The third-order valence-corrected chi connectivity index (χ3v) is 3.41. The zero-order valence-electron chi connectivity index (χ0n) is 11.5. The van der Waals surface area contributed by atoms with Crippen LogP contribution in [0.1, 0.15) is 0 Å². The molecule has 3 aromatic rings. The van der Waals surface area contributed by atoms with Crippen LogP contribution in [-0.4, -0.2) is 23.9 Å². The molecule has 1 aromatic heterocycles. The van der Waals surface area contributed by atoms with Gasteiger partial charge in [0.15, 0.2) is 0 Å². The van der Waals surface area contributed by atoms with Crippen molar-refractivity contribution in [2.75, 3.05) is 19.0 Å². The summed E-state index contributed by atoms with van der Waals surface area (Å²) in [4.78, 5) is 2.10. The van der Waals surface area contributed by atoms with Gasteiger partial charge in [0.25, 0.3) is 0 Å². The molecule has 0 radical (unpaired) electrons. The summed E-state index contributed by atoms with van der Waals surface area (Å²) < 4.78 is 1.94. The van der Waals surface area contributed by atoms with Crippen molar-refractivity contribution in [2.45, 2.75) is 0 Å². The first-order valence-electron chi connectivity index (χ1n) is 6.36. The molecule has 1 heterocycles. The molecule has 2 aromatic carbocycles. The molecule has 0 saturated carbocycles. The fourth-order valence-corrected chi connectivity index (χ4v) is 2.34. The van der Waals surface area contributed by atoms with E-state index in [1.807, 2.05) is 31.9 Å². The standard InChI is InChI=1S/C16H17N3/c1-18(2)13-10-8-12(9-11-13)16-14-6-4-5-7-15(14)19(3)17-16/h4-11H,1-3H3. The molecule has 19 heavy (non-hydrogen) atoms. The van der Waals surface area contributed by atoms with E-state index in [-0.39, 0.29) is 0 Å². The Bertz CT molecular complexity index is 708. The van der Waals surface area contributed by atoms with Gasteiger partial charge in [-0.05, 0) is 18.2 Å². The van der Waals surface area contributed by atoms with Crippen LogP contribution in [0.4, 0.5) is 5.69 Å². The first-order chi connectivity index (χ1) is 9.16. The van der Waals surface area contributed by atoms with Crippen molar-refractivity contribution in [3.05, 3.63) is 48.5 Å². The van der Waals surface area contributed by atoms with E-state index in [9.17, 15) is 0 Å². The second kappa shape index (κ2) is 4.43. The second-order valence-corrected chi connectivity index (χ2v) is 4.93. The minimum atomic E-state index is 1.04. The van der Waals surface area contributed by atoms with Crippen LogP contribution in [0.25, 0.3) is 22.2 Å². The van der Waals surface area contributed by atoms with E-state index in [2.05, 4.69) is 52.5 Å². The molecule has 3 heteroatoms. The van der Waals surface area contributed by atoms with Crippen LogP contribution in [0.5, 0.6) is 0 Å². The van der Waals surface area contributed by atoms with Gasteiger partial charge >= 0.3 is 0 Å². The lowest BCUT2D eigenvalue weighted by atomic mass is 10.1. The highest BCUT2D eigenvalue weighted by Gasteiger charge is 2.09. The molecule has 0 spiro atoms. The molecule has 0 N–H and O–H groups in total. The van der Waals surface area contributed by atoms with Crippen molar-refractivity contribution in [3.8, 4) is 11.3 Å². The molecule has 0 aliphatic carbocycles. The number of hydrogen-bond donors (Lipinski definition) is 0. The summed E-state index contributed by atoms with van der Waals surface area (Å²) >= 11 is 0. The van der Waals surface area contributed by atoms with Gasteiger partial charge in [-0.3, -0.25) is 4.68 Å². The number of fused-ring (bicyclic) bond motifs is 1. The molecule has 96 valence electrons. The van der Waals surface area contributed by atoms with Crippen molar-refractivity contribution >= 4 is 16.6 Å². The number of anilines is 1. The summed E-state index contributed by atoms with van der Waals surface area (Å²) in [5.41, 5.74) is 4.56. The van der Waals surface area contributed by atoms with Gasteiger partial charge in [0.2, 0.25) is 0 Å². The molecule has 0 aliphatic rings. The molecule has 0 aliphatic heterocycles. The number of hydrogen-bond acceptors (Lipinski definition) is 2. The topological polar surface area (TPSA) is 21.1 Å². The maximum atomic E-state index is 4.64. The Balaban J connectivity index is 2.14. The van der Waals surface area contributed by atoms with E-state index >= 15 is 0 Å². The zero-order chi connectivity index (χ0) is 13.4. The summed E-state index contributed by atoms with van der Waals surface area (Å²) in [5, 5.41) is 5.83. The maximum Gasteiger partial charge on any atom is 0.100 e. The lowest BCUT2D eigenvalue weighted by Gasteiger charge is -2.12. The van der Waals surface area contributed by atoms with E-state index < -0.39 is 0 Å². The number of aromatic nitrogens is 2. The lowest BCUT2D eigenvalue weighted by Crippen LogP contribution is -2.07. The van der Waals surface area contributed by atoms with E-state index in [1.165, 1.54) is 11.1 Å². The number of rotatable bonds is 2. The summed E-state index contributed by atoms with van der Waals surface area (Å²) in [6, 6.07) is 16.8. The molecule has 0 atom stereocenters. The number of nitrogens with zero attached hydrogens (tertiary/aromatic N) is 3. The van der Waals surface area contributed by atoms with Crippen molar-refractivity contribution in [1.82, 2.24) is 9.78 Å². The third kappa shape index (κ3) is 1.97. The van der Waals surface area contributed by atoms with Crippen molar-refractivity contribution in [2.24, 2.45) is 7.05 Å². The molecule has 0 bridgehead atoms. The van der Waals surface area contributed by atoms with E-state index in [0.717, 1.165) is 16.8 Å². The van der Waals surface area contributed by atoms with E-state index in [0.29, 0.717) is 0 Å². The predicted octanol–water partition coefficient (Wildman–Crippen LogP) is 3.31. The maximum absolute atomic E-state index is 4.64. The fraction of sp³-hybridized carbons (Fsp3) is 0.188. The average molecular weight is 251 g/mol.